The van der Waals surface area contributed by atoms with Crippen LogP contribution in [0.4, 0.5) is 0 Å². The summed E-state index contributed by atoms with van der Waals surface area (Å²) in [7, 11) is 0. The Kier molecular flexibility index (Phi) is 4.58. The first kappa shape index (κ1) is 13.0. The predicted molar refractivity (Wildman–Crippen MR) is 66.9 cm³/mol. The van der Waals surface area contributed by atoms with Gasteiger partial charge >= 0.3 is 5.97 Å². The van der Waals surface area contributed by atoms with Crippen LogP contribution in [0.25, 0.3) is 0 Å². The van der Waals surface area contributed by atoms with Crippen molar-refractivity contribution in [2.75, 3.05) is 6.61 Å². The van der Waals surface area contributed by atoms with Crippen LogP contribution < -0.4 is 0 Å². The van der Waals surface area contributed by atoms with Gasteiger partial charge in [-0.25, -0.2) is 0 Å². The molecule has 0 bridgehead atoms. The maximum Gasteiger partial charge on any atom is 0.303 e. The minimum Gasteiger partial charge on any atom is -0.456 e. The normalized spacial score (nSPS) is 27.1. The van der Waals surface area contributed by atoms with Crippen LogP contribution in [-0.2, 0) is 14.3 Å². The standard InChI is InChI=1S/C11H17IO3/c1-6(2)11-10(12)7(3)9(5-14-11)15-8(4)13/h6,9,11H,5H2,1-4H3/t9-,11+/m0/s1. The van der Waals surface area contributed by atoms with Crippen LogP contribution in [0.5, 0.6) is 0 Å². The Balaban J connectivity index is 2.80. The van der Waals surface area contributed by atoms with Crippen LogP contribution in [0.1, 0.15) is 27.7 Å². The first-order valence-corrected chi connectivity index (χ1v) is 6.16. The van der Waals surface area contributed by atoms with E-state index in [2.05, 4.69) is 36.4 Å². The summed E-state index contributed by atoms with van der Waals surface area (Å²) in [5, 5.41) is 0. The lowest BCUT2D eigenvalue weighted by atomic mass is 9.99. The summed E-state index contributed by atoms with van der Waals surface area (Å²) < 4.78 is 12.0. The van der Waals surface area contributed by atoms with E-state index >= 15 is 0 Å². The molecule has 0 aromatic rings. The minimum absolute atomic E-state index is 0.150. The topological polar surface area (TPSA) is 35.5 Å². The SMILES string of the molecule is CC(=O)O[C@H]1CO[C@H](C(C)C)C(I)=C1C. The molecule has 0 amide bonds. The molecule has 0 unspecified atom stereocenters. The van der Waals surface area contributed by atoms with Gasteiger partial charge in [-0.2, -0.15) is 0 Å². The van der Waals surface area contributed by atoms with Crippen LogP contribution in [0.15, 0.2) is 9.15 Å². The van der Waals surface area contributed by atoms with E-state index < -0.39 is 0 Å². The first-order valence-electron chi connectivity index (χ1n) is 5.08. The molecule has 86 valence electrons. The Bertz CT molecular complexity index is 284. The van der Waals surface area contributed by atoms with Crippen molar-refractivity contribution in [3.8, 4) is 0 Å². The second kappa shape index (κ2) is 5.30. The van der Waals surface area contributed by atoms with Gasteiger partial charge in [-0.15, -0.1) is 0 Å². The Labute approximate surface area is 104 Å². The molecule has 3 nitrogen and oxygen atoms in total. The number of hydrogen-bond donors (Lipinski definition) is 0. The summed E-state index contributed by atoms with van der Waals surface area (Å²) in [6.07, 6.45) is -0.0539. The summed E-state index contributed by atoms with van der Waals surface area (Å²) >= 11 is 2.29. The van der Waals surface area contributed by atoms with Gasteiger partial charge in [0.25, 0.3) is 0 Å². The Morgan fingerprint density at radius 2 is 2.20 bits per heavy atom. The monoisotopic (exact) mass is 324 g/mol. The zero-order chi connectivity index (χ0) is 11.6. The van der Waals surface area contributed by atoms with Crippen molar-refractivity contribution < 1.29 is 14.3 Å². The van der Waals surface area contributed by atoms with Crippen LogP contribution in [0, 0.1) is 5.92 Å². The fourth-order valence-electron chi connectivity index (χ4n) is 1.58. The fourth-order valence-corrected chi connectivity index (χ4v) is 2.82. The summed E-state index contributed by atoms with van der Waals surface area (Å²) in [5.41, 5.74) is 1.12. The van der Waals surface area contributed by atoms with Gasteiger partial charge in [0.1, 0.15) is 6.10 Å². The van der Waals surface area contributed by atoms with Crippen molar-refractivity contribution >= 4 is 28.6 Å². The lowest BCUT2D eigenvalue weighted by molar-refractivity contribution is -0.149. The smallest absolute Gasteiger partial charge is 0.303 e. The van der Waals surface area contributed by atoms with E-state index in [1.54, 1.807) is 0 Å². The van der Waals surface area contributed by atoms with Gasteiger partial charge in [-0.05, 0) is 41.0 Å². The van der Waals surface area contributed by atoms with Gasteiger partial charge in [0.15, 0.2) is 0 Å². The third-order valence-corrected chi connectivity index (χ3v) is 3.91. The molecule has 1 aliphatic heterocycles. The highest BCUT2D eigenvalue weighted by molar-refractivity contribution is 14.1. The van der Waals surface area contributed by atoms with Crippen LogP contribution in [-0.4, -0.2) is 24.8 Å². The predicted octanol–water partition coefficient (Wildman–Crippen LogP) is 2.68. The minimum atomic E-state index is -0.254. The van der Waals surface area contributed by atoms with Gasteiger partial charge < -0.3 is 9.47 Å². The molecule has 0 saturated heterocycles. The van der Waals surface area contributed by atoms with E-state index in [1.165, 1.54) is 10.5 Å². The van der Waals surface area contributed by atoms with Crippen LogP contribution in [0.2, 0.25) is 0 Å². The number of ether oxygens (including phenoxy) is 2. The van der Waals surface area contributed by atoms with E-state index in [0.717, 1.165) is 5.57 Å². The van der Waals surface area contributed by atoms with Gasteiger partial charge in [0, 0.05) is 10.5 Å². The molecule has 0 aromatic carbocycles. The number of hydrogen-bond acceptors (Lipinski definition) is 3. The number of carbonyl (C=O) groups excluding carboxylic acids is 1. The molecular weight excluding hydrogens is 307 g/mol. The maximum atomic E-state index is 10.9. The van der Waals surface area contributed by atoms with E-state index in [4.69, 9.17) is 9.47 Å². The summed E-state index contributed by atoms with van der Waals surface area (Å²) in [4.78, 5) is 10.9. The van der Waals surface area contributed by atoms with Crippen molar-refractivity contribution in [3.63, 3.8) is 0 Å². The molecule has 0 radical (unpaired) electrons. The second-order valence-electron chi connectivity index (χ2n) is 4.13. The number of halogens is 1. The Morgan fingerprint density at radius 1 is 1.60 bits per heavy atom. The van der Waals surface area contributed by atoms with E-state index in [9.17, 15) is 4.79 Å². The van der Waals surface area contributed by atoms with Crippen molar-refractivity contribution in [3.05, 3.63) is 9.15 Å². The van der Waals surface area contributed by atoms with Crippen molar-refractivity contribution in [1.29, 1.82) is 0 Å². The van der Waals surface area contributed by atoms with Gasteiger partial charge in [0.05, 0.1) is 12.7 Å². The van der Waals surface area contributed by atoms with E-state index in [-0.39, 0.29) is 18.2 Å². The molecule has 1 heterocycles. The highest BCUT2D eigenvalue weighted by atomic mass is 127. The zero-order valence-electron chi connectivity index (χ0n) is 9.54. The third-order valence-electron chi connectivity index (χ3n) is 2.45. The van der Waals surface area contributed by atoms with Crippen LogP contribution in [0.3, 0.4) is 0 Å². The fraction of sp³-hybridized carbons (Fsp3) is 0.727. The lowest BCUT2D eigenvalue weighted by Crippen LogP contribution is -2.35. The largest absolute Gasteiger partial charge is 0.456 e. The number of esters is 1. The van der Waals surface area contributed by atoms with Gasteiger partial charge in [0.2, 0.25) is 0 Å². The second-order valence-corrected chi connectivity index (χ2v) is 5.29. The van der Waals surface area contributed by atoms with Crippen molar-refractivity contribution in [1.82, 2.24) is 0 Å². The summed E-state index contributed by atoms with van der Waals surface area (Å²) in [6.45, 7) is 8.16. The quantitative estimate of drug-likeness (QED) is 0.579. The summed E-state index contributed by atoms with van der Waals surface area (Å²) in [6, 6.07) is 0. The van der Waals surface area contributed by atoms with Crippen LogP contribution >= 0.6 is 22.6 Å². The molecule has 0 aliphatic carbocycles. The zero-order valence-corrected chi connectivity index (χ0v) is 11.7. The van der Waals surface area contributed by atoms with Gasteiger partial charge in [-0.1, -0.05) is 13.8 Å². The molecule has 1 aliphatic rings. The molecule has 0 fully saturated rings. The molecule has 2 atom stereocenters. The molecule has 0 saturated carbocycles. The van der Waals surface area contributed by atoms with Crippen molar-refractivity contribution in [2.24, 2.45) is 5.92 Å². The Hall–Kier alpha value is -0.100. The molecule has 0 N–H and O–H groups in total. The lowest BCUT2D eigenvalue weighted by Gasteiger charge is -2.32. The van der Waals surface area contributed by atoms with Gasteiger partial charge in [-0.3, -0.25) is 4.79 Å². The molecule has 0 spiro atoms. The molecule has 15 heavy (non-hydrogen) atoms. The molecule has 1 rings (SSSR count). The number of rotatable bonds is 2. The van der Waals surface area contributed by atoms with E-state index in [0.29, 0.717) is 12.5 Å². The molecular formula is C11H17IO3. The average molecular weight is 324 g/mol. The average Bonchev–Trinajstić information content (AvgIpc) is 2.12. The maximum absolute atomic E-state index is 10.9. The third kappa shape index (κ3) is 3.17. The Morgan fingerprint density at radius 3 is 2.67 bits per heavy atom. The summed E-state index contributed by atoms with van der Waals surface area (Å²) in [5.74, 6) is 0.195. The van der Waals surface area contributed by atoms with Crippen molar-refractivity contribution in [2.45, 2.75) is 39.9 Å². The highest BCUT2D eigenvalue weighted by Crippen LogP contribution is 2.32. The highest BCUT2D eigenvalue weighted by Gasteiger charge is 2.30. The first-order chi connectivity index (χ1) is 6.93. The molecule has 0 aromatic heterocycles. The number of carbonyl (C=O) groups is 1. The van der Waals surface area contributed by atoms with E-state index in [1.807, 2.05) is 6.92 Å². The molecule has 4 heteroatoms.